The zero-order valence-corrected chi connectivity index (χ0v) is 10.8. The molecule has 1 aliphatic carbocycles. The second-order valence-electron chi connectivity index (χ2n) is 5.27. The molecule has 0 aliphatic heterocycles. The number of aromatic nitrogens is 3. The van der Waals surface area contributed by atoms with E-state index >= 15 is 0 Å². The van der Waals surface area contributed by atoms with Gasteiger partial charge >= 0.3 is 0 Å². The average molecular weight is 256 g/mol. The largest absolute Gasteiger partial charge is 0.347 e. The average Bonchev–Trinajstić information content (AvgIpc) is 2.91. The molecular formula is C14H16N4O. The van der Waals surface area contributed by atoms with Crippen LogP contribution < -0.4 is 5.32 Å². The Balaban J connectivity index is 1.81. The molecule has 98 valence electrons. The first-order valence-electron chi connectivity index (χ1n) is 6.46. The molecule has 1 fully saturated rings. The van der Waals surface area contributed by atoms with Crippen LogP contribution in [-0.2, 0) is 0 Å². The number of hydrogen-bond donors (Lipinski definition) is 1. The third-order valence-corrected chi connectivity index (χ3v) is 3.67. The molecule has 5 heteroatoms. The summed E-state index contributed by atoms with van der Waals surface area (Å²) in [6.07, 6.45) is 6.67. The van der Waals surface area contributed by atoms with Crippen LogP contribution in [0.2, 0.25) is 0 Å². The molecule has 1 aromatic heterocycles. The van der Waals surface area contributed by atoms with Crippen LogP contribution in [0.15, 0.2) is 36.7 Å². The first kappa shape index (κ1) is 11.9. The van der Waals surface area contributed by atoms with E-state index in [0.717, 1.165) is 18.5 Å². The molecule has 0 unspecified atom stereocenters. The van der Waals surface area contributed by atoms with Crippen LogP contribution in [0.3, 0.4) is 0 Å². The molecule has 0 radical (unpaired) electrons. The minimum absolute atomic E-state index is 0.0239. The Morgan fingerprint density at radius 1 is 1.42 bits per heavy atom. The summed E-state index contributed by atoms with van der Waals surface area (Å²) in [6, 6.07) is 7.40. The molecule has 0 bridgehead atoms. The van der Waals surface area contributed by atoms with Gasteiger partial charge in [0.2, 0.25) is 0 Å². The van der Waals surface area contributed by atoms with Crippen LogP contribution in [0, 0.1) is 0 Å². The summed E-state index contributed by atoms with van der Waals surface area (Å²) in [6.45, 7) is 2.09. The van der Waals surface area contributed by atoms with E-state index in [4.69, 9.17) is 0 Å². The van der Waals surface area contributed by atoms with E-state index in [1.165, 1.54) is 6.42 Å². The fraction of sp³-hybridized carbons (Fsp3) is 0.357. The number of benzene rings is 1. The van der Waals surface area contributed by atoms with Crippen LogP contribution in [-0.4, -0.2) is 26.4 Å². The first-order chi connectivity index (χ1) is 9.16. The lowest BCUT2D eigenvalue weighted by Gasteiger charge is -2.39. The van der Waals surface area contributed by atoms with Crippen molar-refractivity contribution < 1.29 is 4.79 Å². The summed E-state index contributed by atoms with van der Waals surface area (Å²) >= 11 is 0. The molecule has 0 saturated heterocycles. The number of hydrogen-bond acceptors (Lipinski definition) is 3. The third kappa shape index (κ3) is 2.36. The normalized spacial score (nSPS) is 16.7. The van der Waals surface area contributed by atoms with Gasteiger partial charge in [0.15, 0.2) is 0 Å². The molecule has 3 rings (SSSR count). The van der Waals surface area contributed by atoms with Crippen LogP contribution in [0.5, 0.6) is 0 Å². The van der Waals surface area contributed by atoms with Crippen molar-refractivity contribution in [3.63, 3.8) is 0 Å². The van der Waals surface area contributed by atoms with Gasteiger partial charge < -0.3 is 5.32 Å². The molecule has 5 nitrogen and oxygen atoms in total. The summed E-state index contributed by atoms with van der Waals surface area (Å²) in [5, 5.41) is 10.8. The zero-order chi connectivity index (χ0) is 13.3. The summed E-state index contributed by atoms with van der Waals surface area (Å²) in [7, 11) is 0. The van der Waals surface area contributed by atoms with Crippen molar-refractivity contribution in [2.24, 2.45) is 0 Å². The smallest absolute Gasteiger partial charge is 0.251 e. The lowest BCUT2D eigenvalue weighted by molar-refractivity contribution is 0.0850. The van der Waals surface area contributed by atoms with Crippen molar-refractivity contribution in [1.82, 2.24) is 20.3 Å². The monoisotopic (exact) mass is 256 g/mol. The minimum atomic E-state index is -0.0274. The second kappa shape index (κ2) is 4.50. The Morgan fingerprint density at radius 2 is 2.26 bits per heavy atom. The maximum absolute atomic E-state index is 12.2. The Bertz CT molecular complexity index is 587. The minimum Gasteiger partial charge on any atom is -0.347 e. The van der Waals surface area contributed by atoms with Gasteiger partial charge in [0.05, 0.1) is 18.1 Å². The van der Waals surface area contributed by atoms with E-state index in [-0.39, 0.29) is 11.4 Å². The van der Waals surface area contributed by atoms with E-state index in [0.29, 0.717) is 5.56 Å². The third-order valence-electron chi connectivity index (χ3n) is 3.67. The SMILES string of the molecule is CC1(NC(=O)c2cccc(-n3ccnn3)c2)CCC1. The number of nitrogens with one attached hydrogen (secondary N) is 1. The van der Waals surface area contributed by atoms with Crippen molar-refractivity contribution in [3.8, 4) is 5.69 Å². The number of nitrogens with zero attached hydrogens (tertiary/aromatic N) is 3. The van der Waals surface area contributed by atoms with Gasteiger partial charge in [-0.3, -0.25) is 4.79 Å². The van der Waals surface area contributed by atoms with Crippen molar-refractivity contribution in [2.75, 3.05) is 0 Å². The van der Waals surface area contributed by atoms with Gasteiger partial charge in [-0.25, -0.2) is 4.68 Å². The first-order valence-corrected chi connectivity index (χ1v) is 6.46. The van der Waals surface area contributed by atoms with Gasteiger partial charge in [-0.2, -0.15) is 0 Å². The predicted molar refractivity (Wildman–Crippen MR) is 71.1 cm³/mol. The lowest BCUT2D eigenvalue weighted by Crippen LogP contribution is -2.50. The second-order valence-corrected chi connectivity index (χ2v) is 5.27. The molecule has 1 saturated carbocycles. The highest BCUT2D eigenvalue weighted by Crippen LogP contribution is 2.31. The van der Waals surface area contributed by atoms with E-state index in [9.17, 15) is 4.79 Å². The molecule has 1 N–H and O–H groups in total. The molecule has 1 aromatic carbocycles. The summed E-state index contributed by atoms with van der Waals surface area (Å²) < 4.78 is 1.64. The molecule has 1 aliphatic rings. The summed E-state index contributed by atoms with van der Waals surface area (Å²) in [4.78, 5) is 12.2. The molecule has 1 heterocycles. The number of rotatable bonds is 3. The summed E-state index contributed by atoms with van der Waals surface area (Å²) in [5.74, 6) is -0.0239. The van der Waals surface area contributed by atoms with E-state index in [1.54, 1.807) is 17.1 Å². The molecule has 19 heavy (non-hydrogen) atoms. The van der Waals surface area contributed by atoms with Crippen molar-refractivity contribution in [2.45, 2.75) is 31.7 Å². The number of amides is 1. The van der Waals surface area contributed by atoms with Gasteiger partial charge in [-0.1, -0.05) is 11.3 Å². The van der Waals surface area contributed by atoms with Crippen LogP contribution in [0.1, 0.15) is 36.5 Å². The van der Waals surface area contributed by atoms with Gasteiger partial charge in [-0.05, 0) is 44.4 Å². The molecular weight excluding hydrogens is 240 g/mol. The van der Waals surface area contributed by atoms with Crippen LogP contribution in [0.4, 0.5) is 0 Å². The van der Waals surface area contributed by atoms with Gasteiger partial charge in [0.25, 0.3) is 5.91 Å². The van der Waals surface area contributed by atoms with E-state index < -0.39 is 0 Å². The van der Waals surface area contributed by atoms with Crippen molar-refractivity contribution in [3.05, 3.63) is 42.2 Å². The quantitative estimate of drug-likeness (QED) is 0.913. The van der Waals surface area contributed by atoms with E-state index in [1.807, 2.05) is 24.3 Å². The Morgan fingerprint density at radius 3 is 2.89 bits per heavy atom. The Labute approximate surface area is 111 Å². The topological polar surface area (TPSA) is 59.8 Å². The van der Waals surface area contributed by atoms with Crippen molar-refractivity contribution in [1.29, 1.82) is 0 Å². The fourth-order valence-corrected chi connectivity index (χ4v) is 2.31. The predicted octanol–water partition coefficient (Wildman–Crippen LogP) is 1.94. The van der Waals surface area contributed by atoms with Gasteiger partial charge in [0, 0.05) is 11.1 Å². The molecule has 0 spiro atoms. The molecule has 2 aromatic rings. The maximum Gasteiger partial charge on any atom is 0.251 e. The lowest BCUT2D eigenvalue weighted by atomic mass is 9.78. The summed E-state index contributed by atoms with van der Waals surface area (Å²) in [5.41, 5.74) is 1.46. The highest BCUT2D eigenvalue weighted by molar-refractivity contribution is 5.95. The van der Waals surface area contributed by atoms with Crippen LogP contribution >= 0.6 is 0 Å². The fourth-order valence-electron chi connectivity index (χ4n) is 2.31. The number of carbonyl (C=O) groups is 1. The van der Waals surface area contributed by atoms with E-state index in [2.05, 4.69) is 22.6 Å². The Kier molecular flexibility index (Phi) is 2.81. The van der Waals surface area contributed by atoms with Crippen LogP contribution in [0.25, 0.3) is 5.69 Å². The molecule has 1 amide bonds. The highest BCUT2D eigenvalue weighted by atomic mass is 16.1. The van der Waals surface area contributed by atoms with Crippen molar-refractivity contribution >= 4 is 5.91 Å². The van der Waals surface area contributed by atoms with Gasteiger partial charge in [-0.15, -0.1) is 5.10 Å². The Hall–Kier alpha value is -2.17. The van der Waals surface area contributed by atoms with Gasteiger partial charge in [0.1, 0.15) is 0 Å². The number of carbonyl (C=O) groups excluding carboxylic acids is 1. The standard InChI is InChI=1S/C14H16N4O/c1-14(6-3-7-14)16-13(19)11-4-2-5-12(10-11)18-9-8-15-17-18/h2,4-5,8-10H,3,6-7H2,1H3,(H,16,19). The molecule has 0 atom stereocenters. The highest BCUT2D eigenvalue weighted by Gasteiger charge is 2.33. The zero-order valence-electron chi connectivity index (χ0n) is 10.8. The maximum atomic E-state index is 12.2.